The van der Waals surface area contributed by atoms with Gasteiger partial charge in [0.15, 0.2) is 5.96 Å². The van der Waals surface area contributed by atoms with Gasteiger partial charge in [-0.15, -0.1) is 24.0 Å². The zero-order chi connectivity index (χ0) is 20.6. The molecular formula is C21H36IN5O2. The number of H-pyrrole nitrogens is 1. The van der Waals surface area contributed by atoms with E-state index in [1.165, 1.54) is 5.69 Å². The SMILES string of the molecule is CN=C(NCCCc1cc2c(OC)cc(OC)cc2[nH]1)NCCNC(C)(C)C.I. The van der Waals surface area contributed by atoms with Crippen molar-refractivity contribution in [1.82, 2.24) is 20.9 Å². The molecule has 8 heteroatoms. The van der Waals surface area contributed by atoms with Crippen molar-refractivity contribution in [3.8, 4) is 11.5 Å². The van der Waals surface area contributed by atoms with Crippen LogP contribution in [0.1, 0.15) is 32.9 Å². The molecule has 164 valence electrons. The fraction of sp³-hybridized carbons (Fsp3) is 0.571. The van der Waals surface area contributed by atoms with Crippen LogP contribution in [0.15, 0.2) is 23.2 Å². The lowest BCUT2D eigenvalue weighted by Crippen LogP contribution is -2.44. The predicted molar refractivity (Wildman–Crippen MR) is 132 cm³/mol. The number of hydrogen-bond acceptors (Lipinski definition) is 4. The van der Waals surface area contributed by atoms with Gasteiger partial charge in [0, 0.05) is 55.4 Å². The lowest BCUT2D eigenvalue weighted by Gasteiger charge is -2.21. The summed E-state index contributed by atoms with van der Waals surface area (Å²) in [6.07, 6.45) is 1.93. The van der Waals surface area contributed by atoms with Crippen LogP contribution in [0.25, 0.3) is 10.9 Å². The smallest absolute Gasteiger partial charge is 0.191 e. The van der Waals surface area contributed by atoms with E-state index in [0.717, 1.165) is 60.8 Å². The molecule has 0 saturated heterocycles. The van der Waals surface area contributed by atoms with E-state index in [4.69, 9.17) is 9.47 Å². The van der Waals surface area contributed by atoms with E-state index in [1.54, 1.807) is 21.3 Å². The summed E-state index contributed by atoms with van der Waals surface area (Å²) in [7, 11) is 5.14. The molecule has 0 radical (unpaired) electrons. The average molecular weight is 517 g/mol. The third kappa shape index (κ3) is 8.30. The van der Waals surface area contributed by atoms with Crippen LogP contribution in [0.2, 0.25) is 0 Å². The molecule has 2 aromatic rings. The zero-order valence-electron chi connectivity index (χ0n) is 18.4. The second-order valence-electron chi connectivity index (χ2n) is 7.79. The Morgan fingerprint density at radius 3 is 2.38 bits per heavy atom. The average Bonchev–Trinajstić information content (AvgIpc) is 3.07. The van der Waals surface area contributed by atoms with Gasteiger partial charge < -0.3 is 30.4 Å². The number of aromatic amines is 1. The molecule has 1 heterocycles. The Hall–Kier alpha value is -1.68. The van der Waals surface area contributed by atoms with Crippen molar-refractivity contribution < 1.29 is 9.47 Å². The highest BCUT2D eigenvalue weighted by Gasteiger charge is 2.09. The monoisotopic (exact) mass is 517 g/mol. The van der Waals surface area contributed by atoms with Crippen LogP contribution in [0.3, 0.4) is 0 Å². The molecule has 1 aromatic heterocycles. The zero-order valence-corrected chi connectivity index (χ0v) is 20.8. The third-order valence-corrected chi connectivity index (χ3v) is 4.40. The molecule has 0 aliphatic heterocycles. The minimum atomic E-state index is 0. The maximum atomic E-state index is 5.48. The number of nitrogens with zero attached hydrogens (tertiary/aromatic N) is 1. The summed E-state index contributed by atoms with van der Waals surface area (Å²) in [5.41, 5.74) is 2.34. The van der Waals surface area contributed by atoms with E-state index in [2.05, 4.69) is 52.8 Å². The highest BCUT2D eigenvalue weighted by Crippen LogP contribution is 2.31. The number of hydrogen-bond donors (Lipinski definition) is 4. The third-order valence-electron chi connectivity index (χ3n) is 4.40. The van der Waals surface area contributed by atoms with Crippen LogP contribution >= 0.6 is 24.0 Å². The molecular weight excluding hydrogens is 481 g/mol. The second kappa shape index (κ2) is 12.1. The number of aromatic nitrogens is 1. The van der Waals surface area contributed by atoms with Crippen molar-refractivity contribution in [2.75, 3.05) is 40.9 Å². The fourth-order valence-electron chi connectivity index (χ4n) is 2.98. The van der Waals surface area contributed by atoms with Crippen molar-refractivity contribution in [3.05, 3.63) is 23.9 Å². The van der Waals surface area contributed by atoms with Crippen molar-refractivity contribution in [2.45, 2.75) is 39.2 Å². The van der Waals surface area contributed by atoms with E-state index >= 15 is 0 Å². The predicted octanol–water partition coefficient (Wildman–Crippen LogP) is 3.29. The summed E-state index contributed by atoms with van der Waals surface area (Å²) in [5.74, 6) is 2.44. The first-order valence-electron chi connectivity index (χ1n) is 9.79. The number of halogens is 1. The van der Waals surface area contributed by atoms with Crippen molar-refractivity contribution in [2.24, 2.45) is 4.99 Å². The summed E-state index contributed by atoms with van der Waals surface area (Å²) in [6.45, 7) is 9.06. The molecule has 0 fully saturated rings. The van der Waals surface area contributed by atoms with Gasteiger partial charge in [-0.3, -0.25) is 4.99 Å². The Morgan fingerprint density at radius 2 is 1.76 bits per heavy atom. The van der Waals surface area contributed by atoms with Gasteiger partial charge in [0.25, 0.3) is 0 Å². The number of methoxy groups -OCH3 is 2. The Balaban J connectivity index is 0.00000420. The number of benzene rings is 1. The number of aliphatic imine (C=N–C) groups is 1. The Morgan fingerprint density at radius 1 is 1.03 bits per heavy atom. The first-order chi connectivity index (χ1) is 13.4. The summed E-state index contributed by atoms with van der Waals surface area (Å²) >= 11 is 0. The van der Waals surface area contributed by atoms with Crippen LogP contribution in [0.5, 0.6) is 11.5 Å². The first kappa shape index (κ1) is 25.4. The molecule has 1 aromatic carbocycles. The second-order valence-corrected chi connectivity index (χ2v) is 7.79. The van der Waals surface area contributed by atoms with Crippen LogP contribution in [-0.2, 0) is 6.42 Å². The molecule has 0 spiro atoms. The maximum absolute atomic E-state index is 5.48. The number of nitrogens with one attached hydrogen (secondary N) is 4. The largest absolute Gasteiger partial charge is 0.497 e. The molecule has 0 unspecified atom stereocenters. The summed E-state index contributed by atoms with van der Waals surface area (Å²) in [5, 5.41) is 11.2. The van der Waals surface area contributed by atoms with E-state index in [-0.39, 0.29) is 29.5 Å². The molecule has 0 bridgehead atoms. The van der Waals surface area contributed by atoms with Crippen LogP contribution in [0, 0.1) is 0 Å². The molecule has 4 N–H and O–H groups in total. The molecule has 29 heavy (non-hydrogen) atoms. The quantitative estimate of drug-likeness (QED) is 0.178. The van der Waals surface area contributed by atoms with Gasteiger partial charge in [0.05, 0.1) is 19.7 Å². The Kier molecular flexibility index (Phi) is 10.6. The van der Waals surface area contributed by atoms with Gasteiger partial charge in [-0.25, -0.2) is 0 Å². The highest BCUT2D eigenvalue weighted by atomic mass is 127. The van der Waals surface area contributed by atoms with Crippen molar-refractivity contribution in [3.63, 3.8) is 0 Å². The van der Waals surface area contributed by atoms with Gasteiger partial charge in [-0.1, -0.05) is 0 Å². The minimum absolute atomic E-state index is 0. The summed E-state index contributed by atoms with van der Waals surface area (Å²) in [4.78, 5) is 7.73. The summed E-state index contributed by atoms with van der Waals surface area (Å²) < 4.78 is 10.8. The van der Waals surface area contributed by atoms with E-state index < -0.39 is 0 Å². The van der Waals surface area contributed by atoms with Gasteiger partial charge in [-0.2, -0.15) is 0 Å². The van der Waals surface area contributed by atoms with E-state index in [1.807, 2.05) is 12.1 Å². The molecule has 7 nitrogen and oxygen atoms in total. The Bertz CT molecular complexity index is 783. The van der Waals surface area contributed by atoms with Crippen molar-refractivity contribution in [1.29, 1.82) is 0 Å². The van der Waals surface area contributed by atoms with Crippen LogP contribution < -0.4 is 25.4 Å². The minimum Gasteiger partial charge on any atom is -0.497 e. The Labute approximate surface area is 191 Å². The van der Waals surface area contributed by atoms with Crippen molar-refractivity contribution >= 4 is 40.8 Å². The molecule has 0 saturated carbocycles. The molecule has 0 atom stereocenters. The lowest BCUT2D eigenvalue weighted by atomic mass is 10.1. The molecule has 0 amide bonds. The van der Waals surface area contributed by atoms with Gasteiger partial charge in [0.1, 0.15) is 11.5 Å². The maximum Gasteiger partial charge on any atom is 0.191 e. The number of rotatable bonds is 9. The van der Waals surface area contributed by atoms with Crippen LogP contribution in [-0.4, -0.2) is 57.4 Å². The van der Waals surface area contributed by atoms with E-state index in [0.29, 0.717) is 0 Å². The molecule has 0 aliphatic rings. The molecule has 2 rings (SSSR count). The normalized spacial score (nSPS) is 11.9. The summed E-state index contributed by atoms with van der Waals surface area (Å²) in [6, 6.07) is 6.06. The number of ether oxygens (including phenoxy) is 2. The van der Waals surface area contributed by atoms with Gasteiger partial charge in [0.2, 0.25) is 0 Å². The fourth-order valence-corrected chi connectivity index (χ4v) is 2.98. The number of aryl methyl sites for hydroxylation is 1. The first-order valence-corrected chi connectivity index (χ1v) is 9.79. The van der Waals surface area contributed by atoms with Gasteiger partial charge >= 0.3 is 0 Å². The lowest BCUT2D eigenvalue weighted by molar-refractivity contribution is 0.398. The standard InChI is InChI=1S/C21H35N5O2.HI/c1-21(2,3)25-11-10-24-20(22-4)23-9-7-8-15-12-17-18(26-15)13-16(27-5)14-19(17)28-6;/h12-14,25-26H,7-11H2,1-6H3,(H2,22,23,24);1H. The number of fused-ring (bicyclic) bond motifs is 1. The van der Waals surface area contributed by atoms with E-state index in [9.17, 15) is 0 Å². The topological polar surface area (TPSA) is 82.7 Å². The molecule has 0 aliphatic carbocycles. The highest BCUT2D eigenvalue weighted by molar-refractivity contribution is 14.0. The number of guanidine groups is 1. The van der Waals surface area contributed by atoms with Gasteiger partial charge in [-0.05, 0) is 39.7 Å². The van der Waals surface area contributed by atoms with Crippen LogP contribution in [0.4, 0.5) is 0 Å².